The summed E-state index contributed by atoms with van der Waals surface area (Å²) in [7, 11) is 0. The lowest BCUT2D eigenvalue weighted by Gasteiger charge is -2.07. The maximum Gasteiger partial charge on any atom is 0.200 e. The van der Waals surface area contributed by atoms with Gasteiger partial charge in [0.05, 0.1) is 18.5 Å². The van der Waals surface area contributed by atoms with Crippen molar-refractivity contribution < 1.29 is 4.55 Å². The van der Waals surface area contributed by atoms with Gasteiger partial charge in [0.15, 0.2) is 4.90 Å². The molecule has 2 nitrogen and oxygen atoms in total. The van der Waals surface area contributed by atoms with Gasteiger partial charge in [0.1, 0.15) is 0 Å². The third kappa shape index (κ3) is 2.83. The molecule has 0 aliphatic carbocycles. The van der Waals surface area contributed by atoms with Gasteiger partial charge in [0, 0.05) is 3.57 Å². The molecule has 0 amide bonds. The average Bonchev–Trinajstić information content (AvgIpc) is 1.82. The van der Waals surface area contributed by atoms with Gasteiger partial charge in [0.2, 0.25) is 0 Å². The molecule has 0 spiro atoms. The second-order valence-electron chi connectivity index (χ2n) is 2.00. The van der Waals surface area contributed by atoms with E-state index in [0.717, 1.165) is 15.6 Å². The zero-order chi connectivity index (χ0) is 9.30. The van der Waals surface area contributed by atoms with E-state index >= 15 is 0 Å². The molecule has 0 aliphatic rings. The molecule has 0 radical (unpaired) electrons. The van der Waals surface area contributed by atoms with Crippen molar-refractivity contribution in [3.63, 3.8) is 0 Å². The van der Waals surface area contributed by atoms with Gasteiger partial charge in [-0.3, -0.25) is 0 Å². The minimum atomic E-state index is -1.38. The van der Waals surface area contributed by atoms with Crippen molar-refractivity contribution in [2.75, 3.05) is 0 Å². The molecule has 0 heterocycles. The van der Waals surface area contributed by atoms with Gasteiger partial charge in [-0.25, -0.2) is 0 Å². The molecule has 1 unspecified atom stereocenters. The normalized spacial score (nSPS) is 13.1. The molecule has 1 aromatic rings. The average molecular weight is 519 g/mol. The molecular formula is C6H4I3NOS. The lowest BCUT2D eigenvalue weighted by Crippen LogP contribution is -2.15. The Labute approximate surface area is 115 Å². The molecule has 2 N–H and O–H groups in total. The zero-order valence-electron chi connectivity index (χ0n) is 5.68. The topological polar surface area (TPSA) is 49.1 Å². The smallest absolute Gasteiger partial charge is 0.200 e. The number of benzene rings is 1. The van der Waals surface area contributed by atoms with Crippen molar-refractivity contribution in [2.45, 2.75) is 4.90 Å². The Morgan fingerprint density at radius 1 is 1.17 bits per heavy atom. The lowest BCUT2D eigenvalue weighted by atomic mass is 10.4. The van der Waals surface area contributed by atoms with Gasteiger partial charge >= 0.3 is 0 Å². The summed E-state index contributed by atoms with van der Waals surface area (Å²) in [5.41, 5.74) is 0. The van der Waals surface area contributed by atoms with Crippen LogP contribution in [-0.4, -0.2) is 4.55 Å². The summed E-state index contributed by atoms with van der Waals surface area (Å²) < 4.78 is 14.1. The van der Waals surface area contributed by atoms with Crippen LogP contribution in [0.3, 0.4) is 0 Å². The van der Waals surface area contributed by atoms with Crippen LogP contribution in [-0.2, 0) is 11.4 Å². The summed E-state index contributed by atoms with van der Waals surface area (Å²) in [5, 5.41) is 5.33. The van der Waals surface area contributed by atoms with Crippen molar-refractivity contribution in [3.05, 3.63) is 22.8 Å². The van der Waals surface area contributed by atoms with E-state index in [9.17, 15) is 4.55 Å². The molecule has 1 aromatic carbocycles. The van der Waals surface area contributed by atoms with E-state index in [-0.39, 0.29) is 0 Å². The number of nitrogens with two attached hydrogens (primary N) is 1. The molecule has 66 valence electrons. The second kappa shape index (κ2) is 4.96. The Bertz CT molecular complexity index is 282. The molecule has 1 rings (SSSR count). The Balaban J connectivity index is 3.28. The highest BCUT2D eigenvalue weighted by Crippen LogP contribution is 2.25. The van der Waals surface area contributed by atoms with Crippen LogP contribution in [0.2, 0.25) is 0 Å². The predicted octanol–water partition coefficient (Wildman–Crippen LogP) is 2.48. The Morgan fingerprint density at radius 2 is 1.58 bits per heavy atom. The quantitative estimate of drug-likeness (QED) is 0.459. The molecule has 12 heavy (non-hydrogen) atoms. The van der Waals surface area contributed by atoms with Crippen LogP contribution in [0.5, 0.6) is 0 Å². The first-order chi connectivity index (χ1) is 5.52. The maximum absolute atomic E-state index is 11.1. The summed E-state index contributed by atoms with van der Waals surface area (Å²) in [6.07, 6.45) is 0. The van der Waals surface area contributed by atoms with Gasteiger partial charge < -0.3 is 4.55 Å². The van der Waals surface area contributed by atoms with Crippen LogP contribution in [0.15, 0.2) is 17.0 Å². The van der Waals surface area contributed by atoms with Crippen LogP contribution >= 0.6 is 67.8 Å². The van der Waals surface area contributed by atoms with E-state index in [4.69, 9.17) is 5.14 Å². The zero-order valence-corrected chi connectivity index (χ0v) is 13.0. The van der Waals surface area contributed by atoms with Gasteiger partial charge in [-0.2, -0.15) is 0 Å². The Kier molecular flexibility index (Phi) is 4.86. The van der Waals surface area contributed by atoms with E-state index in [1.54, 1.807) is 0 Å². The van der Waals surface area contributed by atoms with Gasteiger partial charge in [-0.1, -0.05) is 0 Å². The summed E-state index contributed by atoms with van der Waals surface area (Å²) in [5.74, 6) is 0. The molecule has 0 fully saturated rings. The highest BCUT2D eigenvalue weighted by atomic mass is 127. The fourth-order valence-corrected chi connectivity index (χ4v) is 6.11. The predicted molar refractivity (Wildman–Crippen MR) is 75.2 cm³/mol. The second-order valence-corrected chi connectivity index (χ2v) is 6.57. The van der Waals surface area contributed by atoms with Crippen molar-refractivity contribution in [2.24, 2.45) is 5.14 Å². The first-order valence-electron chi connectivity index (χ1n) is 2.83. The van der Waals surface area contributed by atoms with E-state index in [2.05, 4.69) is 67.8 Å². The molecule has 0 saturated carbocycles. The van der Waals surface area contributed by atoms with E-state index in [1.807, 2.05) is 12.1 Å². The fraction of sp³-hybridized carbons (Fsp3) is 0. The minimum Gasteiger partial charge on any atom is -0.593 e. The van der Waals surface area contributed by atoms with E-state index in [0.29, 0.717) is 0 Å². The Morgan fingerprint density at radius 3 is 1.92 bits per heavy atom. The summed E-state index contributed by atoms with van der Waals surface area (Å²) >= 11 is 5.13. The minimum absolute atomic E-state index is 0.733. The van der Waals surface area contributed by atoms with Crippen LogP contribution in [0, 0.1) is 10.7 Å². The van der Waals surface area contributed by atoms with Gasteiger partial charge in [-0.05, 0) is 79.9 Å². The highest BCUT2D eigenvalue weighted by molar-refractivity contribution is 14.1. The molecule has 0 saturated heterocycles. The van der Waals surface area contributed by atoms with Crippen LogP contribution in [0.4, 0.5) is 0 Å². The first-order valence-corrected chi connectivity index (χ1v) is 7.28. The maximum atomic E-state index is 11.1. The summed E-state index contributed by atoms with van der Waals surface area (Å²) in [4.78, 5) is 0.733. The van der Waals surface area contributed by atoms with Gasteiger partial charge in [0.25, 0.3) is 0 Å². The SMILES string of the molecule is N[S+]([O-])c1c(I)cc(I)cc1I. The highest BCUT2D eigenvalue weighted by Gasteiger charge is 2.16. The third-order valence-electron chi connectivity index (χ3n) is 1.16. The fourth-order valence-electron chi connectivity index (χ4n) is 0.721. The van der Waals surface area contributed by atoms with Crippen molar-refractivity contribution >= 4 is 79.1 Å². The summed E-state index contributed by atoms with van der Waals surface area (Å²) in [6, 6.07) is 3.92. The molecular weight excluding hydrogens is 515 g/mol. The third-order valence-corrected chi connectivity index (χ3v) is 5.06. The summed E-state index contributed by atoms with van der Waals surface area (Å²) in [6.45, 7) is 0. The standard InChI is InChI=1S/C6H4I3NOS/c7-3-1-4(8)6(12(10)11)5(9)2-3/h1-2H,10H2. The molecule has 0 bridgehead atoms. The van der Waals surface area contributed by atoms with Crippen LogP contribution in [0.25, 0.3) is 0 Å². The molecule has 0 aromatic heterocycles. The first kappa shape index (κ1) is 11.8. The van der Waals surface area contributed by atoms with Gasteiger partial charge in [-0.15, -0.1) is 5.14 Å². The molecule has 0 aliphatic heterocycles. The van der Waals surface area contributed by atoms with E-state index < -0.39 is 11.4 Å². The Hall–Kier alpha value is 1.68. The number of halogens is 3. The molecule has 1 atom stereocenters. The van der Waals surface area contributed by atoms with Crippen LogP contribution < -0.4 is 5.14 Å². The largest absolute Gasteiger partial charge is 0.593 e. The van der Waals surface area contributed by atoms with Crippen molar-refractivity contribution in [1.29, 1.82) is 0 Å². The lowest BCUT2D eigenvalue weighted by molar-refractivity contribution is 0.595. The van der Waals surface area contributed by atoms with Crippen molar-refractivity contribution in [1.82, 2.24) is 0 Å². The number of hydrogen-bond acceptors (Lipinski definition) is 2. The monoisotopic (exact) mass is 519 g/mol. The number of hydrogen-bond donors (Lipinski definition) is 1. The van der Waals surface area contributed by atoms with Crippen molar-refractivity contribution in [3.8, 4) is 0 Å². The number of rotatable bonds is 1. The van der Waals surface area contributed by atoms with E-state index in [1.165, 1.54) is 0 Å². The molecule has 6 heteroatoms. The van der Waals surface area contributed by atoms with Crippen LogP contribution in [0.1, 0.15) is 0 Å².